The zero-order chi connectivity index (χ0) is 14.7. The van der Waals surface area contributed by atoms with E-state index in [1.54, 1.807) is 12.1 Å². The number of ether oxygens (including phenoxy) is 2. The molecule has 0 radical (unpaired) electrons. The molecule has 110 valence electrons. The summed E-state index contributed by atoms with van der Waals surface area (Å²) in [5, 5.41) is 3.28. The lowest BCUT2D eigenvalue weighted by atomic mass is 10.1. The van der Waals surface area contributed by atoms with E-state index in [0.717, 1.165) is 37.4 Å². The van der Waals surface area contributed by atoms with Gasteiger partial charge in [-0.05, 0) is 35.7 Å². The van der Waals surface area contributed by atoms with E-state index in [1.807, 2.05) is 6.07 Å². The van der Waals surface area contributed by atoms with Crippen LogP contribution in [0.2, 0.25) is 0 Å². The van der Waals surface area contributed by atoms with E-state index >= 15 is 0 Å². The lowest BCUT2D eigenvalue weighted by Crippen LogP contribution is -2.05. The van der Waals surface area contributed by atoms with E-state index in [9.17, 15) is 4.39 Å². The average Bonchev–Trinajstić information content (AvgIpc) is 2.96. The molecule has 0 aliphatic carbocycles. The van der Waals surface area contributed by atoms with E-state index in [1.165, 1.54) is 24.3 Å². The third kappa shape index (κ3) is 3.10. The smallest absolute Gasteiger partial charge is 0.165 e. The van der Waals surface area contributed by atoms with Crippen LogP contribution in [0, 0.1) is 5.82 Å². The van der Waals surface area contributed by atoms with E-state index in [-0.39, 0.29) is 11.6 Å². The average molecular weight is 287 g/mol. The molecule has 0 atom stereocenters. The van der Waals surface area contributed by atoms with Gasteiger partial charge in [0, 0.05) is 24.7 Å². The summed E-state index contributed by atoms with van der Waals surface area (Å²) < 4.78 is 23.8. The van der Waals surface area contributed by atoms with Crippen molar-refractivity contribution in [2.75, 3.05) is 25.6 Å². The Morgan fingerprint density at radius 1 is 1.24 bits per heavy atom. The van der Waals surface area contributed by atoms with Crippen LogP contribution in [0.5, 0.6) is 11.5 Å². The molecule has 0 fully saturated rings. The van der Waals surface area contributed by atoms with Crippen LogP contribution >= 0.6 is 0 Å². The van der Waals surface area contributed by atoms with Gasteiger partial charge in [0.05, 0.1) is 13.7 Å². The van der Waals surface area contributed by atoms with Gasteiger partial charge in [-0.2, -0.15) is 0 Å². The Morgan fingerprint density at radius 3 is 3.00 bits per heavy atom. The lowest BCUT2D eigenvalue weighted by Gasteiger charge is -2.09. The van der Waals surface area contributed by atoms with Crippen molar-refractivity contribution in [1.82, 2.24) is 0 Å². The maximum absolute atomic E-state index is 13.3. The van der Waals surface area contributed by atoms with Crippen LogP contribution in [0.1, 0.15) is 11.1 Å². The number of halogens is 1. The molecule has 3 rings (SSSR count). The van der Waals surface area contributed by atoms with Crippen LogP contribution in [0.15, 0.2) is 36.4 Å². The van der Waals surface area contributed by atoms with E-state index in [0.29, 0.717) is 0 Å². The Bertz CT molecular complexity index is 632. The molecule has 0 saturated heterocycles. The minimum Gasteiger partial charge on any atom is -0.494 e. The van der Waals surface area contributed by atoms with Crippen molar-refractivity contribution < 1.29 is 13.9 Å². The molecule has 1 aliphatic rings. The summed E-state index contributed by atoms with van der Waals surface area (Å²) in [6, 6.07) is 11.1. The monoisotopic (exact) mass is 287 g/mol. The topological polar surface area (TPSA) is 30.5 Å². The number of fused-ring (bicyclic) bond motifs is 1. The molecule has 2 aromatic rings. The number of methoxy groups -OCH3 is 1. The number of rotatable bonds is 5. The molecular weight excluding hydrogens is 269 g/mol. The molecule has 0 aromatic heterocycles. The summed E-state index contributed by atoms with van der Waals surface area (Å²) in [5.41, 5.74) is 3.43. The van der Waals surface area contributed by atoms with Crippen LogP contribution in [0.25, 0.3) is 0 Å². The predicted molar refractivity (Wildman–Crippen MR) is 80.8 cm³/mol. The fraction of sp³-hybridized carbons (Fsp3) is 0.294. The Hall–Kier alpha value is -2.23. The van der Waals surface area contributed by atoms with Gasteiger partial charge in [-0.25, -0.2) is 4.39 Å². The maximum Gasteiger partial charge on any atom is 0.165 e. The molecule has 0 unspecified atom stereocenters. The molecule has 0 bridgehead atoms. The highest BCUT2D eigenvalue weighted by atomic mass is 19.1. The third-order valence-corrected chi connectivity index (χ3v) is 3.65. The molecule has 2 aromatic carbocycles. The van der Waals surface area contributed by atoms with Gasteiger partial charge in [-0.15, -0.1) is 0 Å². The molecule has 0 spiro atoms. The summed E-state index contributed by atoms with van der Waals surface area (Å²) in [6.07, 6.45) is 1.90. The van der Waals surface area contributed by atoms with Gasteiger partial charge >= 0.3 is 0 Å². The first kappa shape index (κ1) is 13.7. The zero-order valence-electron chi connectivity index (χ0n) is 12.0. The highest BCUT2D eigenvalue weighted by Gasteiger charge is 2.11. The summed E-state index contributed by atoms with van der Waals surface area (Å²) in [7, 11) is 1.47. The Balaban J connectivity index is 1.58. The van der Waals surface area contributed by atoms with Crippen molar-refractivity contribution in [2.45, 2.75) is 12.8 Å². The standard InChI is InChI=1S/C17H18FNO2/c1-20-17-11-14(3-4-15(17)18)19-8-6-12-2-5-16-13(10-12)7-9-21-16/h2-5,10-11,19H,6-9H2,1H3. The summed E-state index contributed by atoms with van der Waals surface area (Å²) in [4.78, 5) is 0. The number of hydrogen-bond donors (Lipinski definition) is 1. The molecule has 1 heterocycles. The predicted octanol–water partition coefficient (Wildman–Crippen LogP) is 3.42. The Kier molecular flexibility index (Phi) is 3.95. The van der Waals surface area contributed by atoms with Crippen molar-refractivity contribution in [1.29, 1.82) is 0 Å². The molecule has 4 heteroatoms. The second-order valence-electron chi connectivity index (χ2n) is 5.07. The first-order valence-electron chi connectivity index (χ1n) is 7.08. The van der Waals surface area contributed by atoms with Gasteiger partial charge in [0.25, 0.3) is 0 Å². The van der Waals surface area contributed by atoms with Crippen molar-refractivity contribution in [3.63, 3.8) is 0 Å². The van der Waals surface area contributed by atoms with Gasteiger partial charge < -0.3 is 14.8 Å². The van der Waals surface area contributed by atoms with Crippen molar-refractivity contribution in [3.05, 3.63) is 53.3 Å². The van der Waals surface area contributed by atoms with Crippen LogP contribution in [0.4, 0.5) is 10.1 Å². The van der Waals surface area contributed by atoms with Crippen molar-refractivity contribution in [2.24, 2.45) is 0 Å². The van der Waals surface area contributed by atoms with Crippen molar-refractivity contribution in [3.8, 4) is 11.5 Å². The first-order valence-corrected chi connectivity index (χ1v) is 7.08. The van der Waals surface area contributed by atoms with E-state index in [4.69, 9.17) is 9.47 Å². The third-order valence-electron chi connectivity index (χ3n) is 3.65. The minimum absolute atomic E-state index is 0.259. The molecular formula is C17H18FNO2. The summed E-state index contributed by atoms with van der Waals surface area (Å²) in [5.74, 6) is 0.923. The summed E-state index contributed by atoms with van der Waals surface area (Å²) in [6.45, 7) is 1.57. The first-order chi connectivity index (χ1) is 10.3. The number of hydrogen-bond acceptors (Lipinski definition) is 3. The fourth-order valence-corrected chi connectivity index (χ4v) is 2.52. The molecule has 0 amide bonds. The number of anilines is 1. The van der Waals surface area contributed by atoms with Crippen LogP contribution < -0.4 is 14.8 Å². The molecule has 1 aliphatic heterocycles. The normalized spacial score (nSPS) is 12.7. The quantitative estimate of drug-likeness (QED) is 0.914. The fourth-order valence-electron chi connectivity index (χ4n) is 2.52. The lowest BCUT2D eigenvalue weighted by molar-refractivity contribution is 0.357. The van der Waals surface area contributed by atoms with Gasteiger partial charge in [0.1, 0.15) is 5.75 Å². The second-order valence-corrected chi connectivity index (χ2v) is 5.07. The van der Waals surface area contributed by atoms with E-state index in [2.05, 4.69) is 17.4 Å². The van der Waals surface area contributed by atoms with Crippen molar-refractivity contribution >= 4 is 5.69 Å². The van der Waals surface area contributed by atoms with Crippen LogP contribution in [-0.4, -0.2) is 20.3 Å². The molecule has 0 saturated carbocycles. The van der Waals surface area contributed by atoms with Crippen LogP contribution in [0.3, 0.4) is 0 Å². The van der Waals surface area contributed by atoms with Gasteiger partial charge in [-0.1, -0.05) is 12.1 Å². The molecule has 1 N–H and O–H groups in total. The van der Waals surface area contributed by atoms with Crippen LogP contribution in [-0.2, 0) is 12.8 Å². The number of benzene rings is 2. The van der Waals surface area contributed by atoms with E-state index < -0.39 is 0 Å². The molecule has 3 nitrogen and oxygen atoms in total. The van der Waals surface area contributed by atoms with Gasteiger partial charge in [0.2, 0.25) is 0 Å². The second kappa shape index (κ2) is 6.04. The highest BCUT2D eigenvalue weighted by molar-refractivity contribution is 5.49. The Labute approximate surface area is 123 Å². The highest BCUT2D eigenvalue weighted by Crippen LogP contribution is 2.26. The minimum atomic E-state index is -0.346. The summed E-state index contributed by atoms with van der Waals surface area (Å²) >= 11 is 0. The molecule has 21 heavy (non-hydrogen) atoms. The van der Waals surface area contributed by atoms with Gasteiger partial charge in [0.15, 0.2) is 11.6 Å². The Morgan fingerprint density at radius 2 is 2.14 bits per heavy atom. The van der Waals surface area contributed by atoms with Gasteiger partial charge in [-0.3, -0.25) is 0 Å². The zero-order valence-corrected chi connectivity index (χ0v) is 12.0. The largest absolute Gasteiger partial charge is 0.494 e. The maximum atomic E-state index is 13.3. The SMILES string of the molecule is COc1cc(NCCc2ccc3c(c2)CCO3)ccc1F. The number of nitrogens with one attached hydrogen (secondary N) is 1.